The second-order valence-electron chi connectivity index (χ2n) is 6.53. The molecule has 3 aromatic rings. The van der Waals surface area contributed by atoms with Gasteiger partial charge in [0.1, 0.15) is 12.4 Å². The van der Waals surface area contributed by atoms with Crippen LogP contribution in [0.2, 0.25) is 0 Å². The number of halogens is 3. The topological polar surface area (TPSA) is 18.5 Å². The summed E-state index contributed by atoms with van der Waals surface area (Å²) in [5, 5.41) is 1.25. The predicted octanol–water partition coefficient (Wildman–Crippen LogP) is 6.79. The SMILES string of the molecule is C=CCCc1ccc2cc(OC(F)(F)c3ccc(OCC=C)cc3)c(F)cc2c1. The highest BCUT2D eigenvalue weighted by Crippen LogP contribution is 2.35. The fraction of sp³-hybridized carbons (Fsp3) is 0.167. The fourth-order valence-electron chi connectivity index (χ4n) is 2.90. The van der Waals surface area contributed by atoms with Crippen LogP contribution in [0.3, 0.4) is 0 Å². The molecule has 0 aliphatic carbocycles. The van der Waals surface area contributed by atoms with Gasteiger partial charge in [0.05, 0.1) is 5.56 Å². The van der Waals surface area contributed by atoms with Crippen LogP contribution in [-0.4, -0.2) is 6.61 Å². The molecule has 0 unspecified atom stereocenters. The standard InChI is InChI=1S/C24H21F3O2/c1-3-5-6-17-7-8-18-16-23(22(25)15-19(18)14-17)29-24(26,27)20-9-11-21(12-10-20)28-13-4-2/h3-4,7-12,14-16H,1-2,5-6,13H2. The van der Waals surface area contributed by atoms with E-state index in [1.54, 1.807) is 12.1 Å². The molecule has 0 fully saturated rings. The molecule has 0 amide bonds. The maximum Gasteiger partial charge on any atom is 0.426 e. The molecule has 0 aliphatic rings. The summed E-state index contributed by atoms with van der Waals surface area (Å²) in [6.45, 7) is 7.47. The summed E-state index contributed by atoms with van der Waals surface area (Å²) in [7, 11) is 0. The van der Waals surface area contributed by atoms with Gasteiger partial charge in [-0.3, -0.25) is 0 Å². The van der Waals surface area contributed by atoms with Crippen LogP contribution in [0.1, 0.15) is 17.5 Å². The van der Waals surface area contributed by atoms with Crippen molar-refractivity contribution >= 4 is 10.8 Å². The maximum absolute atomic E-state index is 14.6. The van der Waals surface area contributed by atoms with Gasteiger partial charge in [0.15, 0.2) is 11.6 Å². The summed E-state index contributed by atoms with van der Waals surface area (Å²) >= 11 is 0. The van der Waals surface area contributed by atoms with Crippen molar-refractivity contribution in [1.29, 1.82) is 0 Å². The summed E-state index contributed by atoms with van der Waals surface area (Å²) in [4.78, 5) is 0. The van der Waals surface area contributed by atoms with Gasteiger partial charge in [-0.05, 0) is 65.6 Å². The highest BCUT2D eigenvalue weighted by molar-refractivity contribution is 5.84. The van der Waals surface area contributed by atoms with Gasteiger partial charge in [-0.1, -0.05) is 36.9 Å². The molecular weight excluding hydrogens is 377 g/mol. The van der Waals surface area contributed by atoms with Crippen LogP contribution in [0, 0.1) is 5.82 Å². The number of aryl methyl sites for hydroxylation is 1. The van der Waals surface area contributed by atoms with Crippen molar-refractivity contribution in [1.82, 2.24) is 0 Å². The van der Waals surface area contributed by atoms with E-state index in [-0.39, 0.29) is 6.61 Å². The van der Waals surface area contributed by atoms with Gasteiger partial charge in [-0.15, -0.1) is 6.58 Å². The molecule has 0 aliphatic heterocycles. The molecule has 0 atom stereocenters. The van der Waals surface area contributed by atoms with E-state index < -0.39 is 23.2 Å². The molecule has 2 nitrogen and oxygen atoms in total. The summed E-state index contributed by atoms with van der Waals surface area (Å²) in [6, 6.07) is 13.2. The zero-order valence-corrected chi connectivity index (χ0v) is 15.8. The van der Waals surface area contributed by atoms with Crippen LogP contribution in [0.15, 0.2) is 79.9 Å². The van der Waals surface area contributed by atoms with Crippen LogP contribution < -0.4 is 9.47 Å². The van der Waals surface area contributed by atoms with Gasteiger partial charge in [0.2, 0.25) is 0 Å². The number of alkyl halides is 2. The number of hydrogen-bond donors (Lipinski definition) is 0. The molecule has 0 aromatic heterocycles. The number of ether oxygens (including phenoxy) is 2. The van der Waals surface area contributed by atoms with Crippen LogP contribution >= 0.6 is 0 Å². The molecule has 3 rings (SSSR count). The van der Waals surface area contributed by atoms with Gasteiger partial charge < -0.3 is 9.47 Å². The third-order valence-electron chi connectivity index (χ3n) is 4.39. The third kappa shape index (κ3) is 4.99. The zero-order valence-electron chi connectivity index (χ0n) is 15.8. The number of allylic oxidation sites excluding steroid dienone is 1. The smallest absolute Gasteiger partial charge is 0.426 e. The molecular formula is C24H21F3O2. The predicted molar refractivity (Wildman–Crippen MR) is 109 cm³/mol. The van der Waals surface area contributed by atoms with Gasteiger partial charge in [0.25, 0.3) is 0 Å². The normalized spacial score (nSPS) is 11.3. The molecule has 0 radical (unpaired) electrons. The minimum absolute atomic E-state index is 0.268. The van der Waals surface area contributed by atoms with Gasteiger partial charge >= 0.3 is 6.11 Å². The Labute approximate surface area is 167 Å². The summed E-state index contributed by atoms with van der Waals surface area (Å²) in [6.07, 6.45) is 1.25. The van der Waals surface area contributed by atoms with Gasteiger partial charge in [-0.25, -0.2) is 4.39 Å². The summed E-state index contributed by atoms with van der Waals surface area (Å²) in [5.74, 6) is -0.925. The van der Waals surface area contributed by atoms with Crippen LogP contribution in [0.5, 0.6) is 11.5 Å². The molecule has 3 aromatic carbocycles. The molecule has 0 heterocycles. The van der Waals surface area contributed by atoms with Crippen LogP contribution in [0.4, 0.5) is 13.2 Å². The minimum atomic E-state index is -3.70. The average molecular weight is 398 g/mol. The minimum Gasteiger partial charge on any atom is -0.490 e. The number of hydrogen-bond acceptors (Lipinski definition) is 2. The van der Waals surface area contributed by atoms with E-state index in [0.29, 0.717) is 16.5 Å². The first-order chi connectivity index (χ1) is 13.9. The Bertz CT molecular complexity index is 1010. The van der Waals surface area contributed by atoms with E-state index in [9.17, 15) is 13.2 Å². The lowest BCUT2D eigenvalue weighted by Crippen LogP contribution is -2.22. The van der Waals surface area contributed by atoms with E-state index in [1.807, 2.05) is 18.2 Å². The van der Waals surface area contributed by atoms with Crippen LogP contribution in [-0.2, 0) is 12.5 Å². The lowest BCUT2D eigenvalue weighted by atomic mass is 10.0. The second-order valence-corrected chi connectivity index (χ2v) is 6.53. The third-order valence-corrected chi connectivity index (χ3v) is 4.39. The van der Waals surface area contributed by atoms with Crippen molar-refractivity contribution in [2.24, 2.45) is 0 Å². The Kier molecular flexibility index (Phi) is 6.27. The first-order valence-corrected chi connectivity index (χ1v) is 9.17. The maximum atomic E-state index is 14.6. The monoisotopic (exact) mass is 398 g/mol. The van der Waals surface area contributed by atoms with Crippen LogP contribution in [0.25, 0.3) is 10.8 Å². The van der Waals surface area contributed by atoms with E-state index in [2.05, 4.69) is 13.2 Å². The van der Waals surface area contributed by atoms with Crippen molar-refractivity contribution in [3.8, 4) is 11.5 Å². The average Bonchev–Trinajstić information content (AvgIpc) is 2.71. The lowest BCUT2D eigenvalue weighted by molar-refractivity contribution is -0.186. The molecule has 0 saturated heterocycles. The molecule has 0 saturated carbocycles. The van der Waals surface area contributed by atoms with E-state index in [0.717, 1.165) is 18.4 Å². The Morgan fingerprint density at radius 3 is 2.34 bits per heavy atom. The van der Waals surface area contributed by atoms with Crippen molar-refractivity contribution < 1.29 is 22.6 Å². The Morgan fingerprint density at radius 2 is 1.66 bits per heavy atom. The molecule has 0 bridgehead atoms. The second kappa shape index (κ2) is 8.86. The van der Waals surface area contributed by atoms with E-state index in [4.69, 9.17) is 9.47 Å². The molecule has 150 valence electrons. The molecule has 0 spiro atoms. The first-order valence-electron chi connectivity index (χ1n) is 9.17. The Hall–Kier alpha value is -3.21. The van der Waals surface area contributed by atoms with Gasteiger partial charge in [-0.2, -0.15) is 8.78 Å². The number of rotatable bonds is 9. The van der Waals surface area contributed by atoms with E-state index in [1.165, 1.54) is 36.4 Å². The fourth-order valence-corrected chi connectivity index (χ4v) is 2.90. The number of benzene rings is 3. The lowest BCUT2D eigenvalue weighted by Gasteiger charge is -2.19. The largest absolute Gasteiger partial charge is 0.490 e. The van der Waals surface area contributed by atoms with Crippen molar-refractivity contribution in [2.45, 2.75) is 19.0 Å². The van der Waals surface area contributed by atoms with Crippen molar-refractivity contribution in [3.63, 3.8) is 0 Å². The molecule has 29 heavy (non-hydrogen) atoms. The Morgan fingerprint density at radius 1 is 0.897 bits per heavy atom. The number of fused-ring (bicyclic) bond motifs is 1. The zero-order chi connectivity index (χ0) is 20.9. The highest BCUT2D eigenvalue weighted by atomic mass is 19.3. The van der Waals surface area contributed by atoms with Crippen molar-refractivity contribution in [2.75, 3.05) is 6.61 Å². The quantitative estimate of drug-likeness (QED) is 0.370. The molecule has 5 heteroatoms. The summed E-state index contributed by atoms with van der Waals surface area (Å²) < 4.78 is 53.6. The first kappa shape index (κ1) is 20.5. The van der Waals surface area contributed by atoms with E-state index >= 15 is 0 Å². The Balaban J connectivity index is 1.82. The molecule has 0 N–H and O–H groups in total. The summed E-state index contributed by atoms with van der Waals surface area (Å²) in [5.41, 5.74) is 0.622. The highest BCUT2D eigenvalue weighted by Gasteiger charge is 2.35. The van der Waals surface area contributed by atoms with Crippen molar-refractivity contribution in [3.05, 3.63) is 96.9 Å². The van der Waals surface area contributed by atoms with Gasteiger partial charge in [0, 0.05) is 0 Å².